The fraction of sp³-hybridized carbons (Fsp3) is 0.612. The quantitative estimate of drug-likeness (QED) is 0.0181. The summed E-state index contributed by atoms with van der Waals surface area (Å²) in [5.41, 5.74) is 4.81. The number of unbranched alkanes of at least 4 members (excludes halogenated alkanes) is 5. The van der Waals surface area contributed by atoms with Crippen molar-refractivity contribution in [2.45, 2.75) is 164 Å². The average molecular weight is 1190 g/mol. The number of ether oxygens (including phenoxy) is 1. The van der Waals surface area contributed by atoms with E-state index in [1.807, 2.05) is 5.32 Å². The van der Waals surface area contributed by atoms with Gasteiger partial charge in [0.1, 0.15) is 54.6 Å². The van der Waals surface area contributed by atoms with E-state index in [9.17, 15) is 89.6 Å². The Bertz CT molecular complexity index is 2510. The Morgan fingerprint density at radius 3 is 2.15 bits per heavy atom. The molecule has 5 rings (SSSR count). The van der Waals surface area contributed by atoms with Crippen LogP contribution in [-0.2, 0) is 42.9 Å². The van der Waals surface area contributed by atoms with E-state index in [1.54, 1.807) is 0 Å². The Kier molecular flexibility index (Phi) is 27.3. The smallest absolute Gasteiger partial charge is 0.691 e. The summed E-state index contributed by atoms with van der Waals surface area (Å²) in [4.78, 5) is 118. The minimum absolute atomic E-state index is 0. The summed E-state index contributed by atoms with van der Waals surface area (Å²) in [6, 6.07) is -7.28. The van der Waals surface area contributed by atoms with Crippen LogP contribution in [0.4, 0.5) is 0 Å². The molecule has 14 unspecified atom stereocenters. The molecular formula is C49H70N9NaO22S. The van der Waals surface area contributed by atoms with Crippen LogP contribution in [0.15, 0.2) is 36.5 Å². The molecule has 0 spiro atoms. The van der Waals surface area contributed by atoms with Crippen molar-refractivity contribution in [2.24, 2.45) is 11.7 Å². The van der Waals surface area contributed by atoms with E-state index in [0.29, 0.717) is 16.4 Å². The van der Waals surface area contributed by atoms with Gasteiger partial charge in [0.2, 0.25) is 47.2 Å². The Labute approximate surface area is 496 Å². The molecule has 16 N–H and O–H groups in total. The first-order valence-corrected chi connectivity index (χ1v) is 26.6. The molecule has 1 aromatic heterocycles. The number of phenolic OH excluding ortho intramolecular Hbond substituents is 1. The summed E-state index contributed by atoms with van der Waals surface area (Å²) in [7, 11) is 0. The normalized spacial score (nSPS) is 27.4. The minimum Gasteiger partial charge on any atom is -0.691 e. The van der Waals surface area contributed by atoms with Gasteiger partial charge < -0.3 is 102 Å². The maximum Gasteiger partial charge on any atom is 1.00 e. The third-order valence-electron chi connectivity index (χ3n) is 13.8. The molecule has 3 aliphatic rings. The first-order chi connectivity index (χ1) is 38.4. The van der Waals surface area contributed by atoms with Crippen molar-refractivity contribution in [2.75, 3.05) is 19.7 Å². The van der Waals surface area contributed by atoms with Gasteiger partial charge in [-0.3, -0.25) is 43.4 Å². The number of aliphatic hydroxyl groups is 8. The second-order valence-electron chi connectivity index (χ2n) is 20.0. The molecule has 3 aliphatic heterocycles. The molecule has 450 valence electrons. The zero-order valence-electron chi connectivity index (χ0n) is 45.3. The van der Waals surface area contributed by atoms with Crippen LogP contribution >= 0.6 is 12.3 Å². The second kappa shape index (κ2) is 32.5. The first-order valence-electron chi connectivity index (χ1n) is 26.0. The van der Waals surface area contributed by atoms with Crippen LogP contribution in [0.1, 0.15) is 101 Å². The number of fused-ring (bicyclic) bond motifs is 2. The summed E-state index contributed by atoms with van der Waals surface area (Å²) in [5, 5.41) is 125. The molecule has 3 saturated heterocycles. The number of aromatic nitrogens is 1. The molecule has 3 fully saturated rings. The van der Waals surface area contributed by atoms with E-state index in [0.717, 1.165) is 69.8 Å². The van der Waals surface area contributed by atoms with Crippen molar-refractivity contribution >= 4 is 59.6 Å². The number of phenols is 1. The van der Waals surface area contributed by atoms with Crippen LogP contribution in [0.2, 0.25) is 0 Å². The van der Waals surface area contributed by atoms with E-state index in [2.05, 4.69) is 42.5 Å². The number of amides is 8. The average Bonchev–Trinajstić information content (AvgIpc) is 4.10. The Morgan fingerprint density at radius 1 is 0.841 bits per heavy atom. The topological polar surface area (TPSA) is 484 Å². The second-order valence-corrected chi connectivity index (χ2v) is 20.4. The van der Waals surface area contributed by atoms with Gasteiger partial charge in [-0.05, 0) is 37.1 Å². The molecule has 82 heavy (non-hydrogen) atoms. The van der Waals surface area contributed by atoms with Crippen molar-refractivity contribution in [1.29, 1.82) is 0 Å². The zero-order valence-corrected chi connectivity index (χ0v) is 48.1. The third-order valence-corrected chi connectivity index (χ3v) is 14.2. The number of carbonyl (C=O) groups excluding carboxylic acids is 8. The molecule has 0 bridgehead atoms. The summed E-state index contributed by atoms with van der Waals surface area (Å²) in [5.74, 6) is -12.6. The third kappa shape index (κ3) is 18.5. The monoisotopic (exact) mass is 1190 g/mol. The van der Waals surface area contributed by atoms with Gasteiger partial charge in [-0.25, -0.2) is 4.98 Å². The number of carbonyl (C=O) groups is 8. The van der Waals surface area contributed by atoms with Gasteiger partial charge in [-0.1, -0.05) is 52.0 Å². The van der Waals surface area contributed by atoms with Crippen molar-refractivity contribution in [3.05, 3.63) is 47.7 Å². The molecule has 15 atom stereocenters. The predicted molar refractivity (Wildman–Crippen MR) is 273 cm³/mol. The fourth-order valence-electron chi connectivity index (χ4n) is 9.35. The van der Waals surface area contributed by atoms with E-state index in [4.69, 9.17) is 14.7 Å². The molecule has 2 aromatic rings. The summed E-state index contributed by atoms with van der Waals surface area (Å²) in [6.07, 6.45) is -12.5. The van der Waals surface area contributed by atoms with Gasteiger partial charge in [0.05, 0.1) is 43.0 Å². The van der Waals surface area contributed by atoms with Crippen molar-refractivity contribution in [3.63, 3.8) is 0 Å². The van der Waals surface area contributed by atoms with Gasteiger partial charge in [-0.2, -0.15) is 0 Å². The van der Waals surface area contributed by atoms with Crippen molar-refractivity contribution < 1.29 is 137 Å². The van der Waals surface area contributed by atoms with E-state index in [1.165, 1.54) is 19.1 Å². The fourth-order valence-corrected chi connectivity index (χ4v) is 9.61. The molecule has 0 saturated carbocycles. The number of hydrogen-bond donors (Lipinski definition) is 15. The van der Waals surface area contributed by atoms with Crippen LogP contribution < -0.4 is 76.1 Å². The summed E-state index contributed by atoms with van der Waals surface area (Å²) >= 11 is -0.0966. The number of nitrogens with zero attached hydrogens (tertiary/aromatic N) is 3. The van der Waals surface area contributed by atoms with Gasteiger partial charge >= 0.3 is 29.6 Å². The van der Waals surface area contributed by atoms with Crippen molar-refractivity contribution in [3.8, 4) is 17.4 Å². The maximum atomic E-state index is 14.6. The number of nitrogens with one attached hydrogen (secondary N) is 5. The SMILES string of the molecule is CCCCCCCCOc1ccc(C(=O)N[C@H]2CC(O)C(O)NC(=O)C3C(O)C(C)CN3C(=O)C(C(O)CC(N)=O)NC(=O)C(C(O)C(O)c3ccc(O)c(OSOO[O-])c3)NC(=O)C3CC(O)CN3C(=O)C(C(C)O)NC2=O)cn1.[Na+]. The van der Waals surface area contributed by atoms with Crippen LogP contribution in [0.25, 0.3) is 0 Å². The number of aliphatic hydroxyl groups excluding tert-OH is 8. The number of benzene rings is 1. The van der Waals surface area contributed by atoms with Gasteiger partial charge in [0, 0.05) is 44.1 Å². The number of rotatable bonds is 21. The minimum atomic E-state index is -2.56. The van der Waals surface area contributed by atoms with Crippen molar-refractivity contribution in [1.82, 2.24) is 41.4 Å². The zero-order chi connectivity index (χ0) is 59.8. The molecule has 31 nitrogen and oxygen atoms in total. The van der Waals surface area contributed by atoms with Gasteiger partial charge in [0.25, 0.3) is 18.2 Å². The number of hydrogen-bond acceptors (Lipinski definition) is 24. The standard InChI is InChI=1S/C49H71N9O22S.Na/c1-4-5-6-7-8-9-14-77-34-13-11-25(19-51-34)42(68)52-27-17-31(63)45(71)56-47(73)38-39(65)22(2)20-58(38)49(75)36(30(62)18-33(50)64)54-46(72)37(41(67)40(66)24-10-12-29(61)32(15-24)78-81-80-79-76)55-44(70)28-16-26(60)21-57(28)48(74)35(23(3)59)53-43(27)69;/h10-13,15,19,22-23,26-28,30-31,35-41,45,59-63,65-67,71,76H,4-9,14,16-18,20-21H2,1-3H3,(H2,50,64)(H,52,68)(H,53,69)(H,54,72)(H,55,70)(H,56,73);/q;+1/p-1/t22?,23?,26?,27-,28?,30?,31?,35?,36?,37?,38?,39?,40?,41?,45?;/m0./s1. The molecule has 0 radical (unpaired) electrons. The molecule has 8 amide bonds. The Balaban J connectivity index is 0.0000144. The number of nitrogens with two attached hydrogens (primary N) is 1. The molecule has 1 aromatic carbocycles. The number of pyridine rings is 1. The van der Waals surface area contributed by atoms with Crippen LogP contribution in [0, 0.1) is 5.92 Å². The summed E-state index contributed by atoms with van der Waals surface area (Å²) < 4.78 is 14.7. The summed E-state index contributed by atoms with van der Waals surface area (Å²) in [6.45, 7) is 3.66. The van der Waals surface area contributed by atoms with Crippen LogP contribution in [0.3, 0.4) is 0 Å². The number of primary amides is 1. The first kappa shape index (κ1) is 68.9. The largest absolute Gasteiger partial charge is 1.00 e. The van der Waals surface area contributed by atoms with E-state index < -0.39 is 182 Å². The van der Waals surface area contributed by atoms with Crippen LogP contribution in [-0.4, -0.2) is 207 Å². The van der Waals surface area contributed by atoms with E-state index in [-0.39, 0.29) is 58.9 Å². The van der Waals surface area contributed by atoms with E-state index >= 15 is 0 Å². The Morgan fingerprint density at radius 2 is 1.50 bits per heavy atom. The molecule has 0 aliphatic carbocycles. The molecule has 4 heterocycles. The predicted octanol–water partition coefficient (Wildman–Crippen LogP) is -8.67. The number of aromatic hydroxyl groups is 1. The van der Waals surface area contributed by atoms with Crippen LogP contribution in [0.5, 0.6) is 17.4 Å². The molecule has 33 heteroatoms. The molecular weight excluding hydrogens is 1120 g/mol. The van der Waals surface area contributed by atoms with Gasteiger partial charge in [-0.15, -0.1) is 4.33 Å². The van der Waals surface area contributed by atoms with Gasteiger partial charge in [0.15, 0.2) is 17.7 Å². The maximum absolute atomic E-state index is 14.6. The Hall–Kier alpha value is -5.56.